The molecule has 2 aromatic rings. The zero-order chi connectivity index (χ0) is 28.6. The monoisotopic (exact) mass is 571 g/mol. The molecule has 3 N–H and O–H groups in total. The van der Waals surface area contributed by atoms with Crippen LogP contribution >= 0.6 is 0 Å². The molecule has 5 rings (SSSR count). The van der Waals surface area contributed by atoms with Crippen LogP contribution in [0, 0.1) is 17.6 Å². The molecule has 0 radical (unpaired) electrons. The van der Waals surface area contributed by atoms with Crippen molar-refractivity contribution in [1.82, 2.24) is 15.2 Å². The summed E-state index contributed by atoms with van der Waals surface area (Å²) in [5.74, 6) is -2.90. The fourth-order valence-corrected chi connectivity index (χ4v) is 5.94. The van der Waals surface area contributed by atoms with Crippen molar-refractivity contribution in [3.05, 3.63) is 76.9 Å². The number of benzene rings is 2. The number of nitrogens with zero attached hydrogens (tertiary/aromatic N) is 3. The Kier molecular flexibility index (Phi) is 7.51. The lowest BCUT2D eigenvalue weighted by atomic mass is 9.77. The number of urea groups is 1. The lowest BCUT2D eigenvalue weighted by Crippen LogP contribution is -2.42. The number of allylic oxidation sites excluding steroid dienone is 1. The van der Waals surface area contributed by atoms with E-state index in [4.69, 9.17) is 5.14 Å². The number of sulfonamides is 1. The van der Waals surface area contributed by atoms with Crippen molar-refractivity contribution in [1.29, 1.82) is 0 Å². The third-order valence-electron chi connectivity index (χ3n) is 7.27. The first kappa shape index (κ1) is 27.6. The van der Waals surface area contributed by atoms with Crippen molar-refractivity contribution in [3.63, 3.8) is 0 Å². The van der Waals surface area contributed by atoms with Crippen LogP contribution in [-0.4, -0.2) is 60.2 Å². The molecular formula is C27H27F2N5O5S. The van der Waals surface area contributed by atoms with Crippen LogP contribution in [0.1, 0.15) is 42.9 Å². The van der Waals surface area contributed by atoms with Crippen LogP contribution in [0.5, 0.6) is 0 Å². The fourth-order valence-electron chi connectivity index (χ4n) is 5.37. The van der Waals surface area contributed by atoms with Crippen LogP contribution in [0.25, 0.3) is 6.08 Å². The molecule has 1 saturated heterocycles. The molecule has 2 aromatic carbocycles. The molecule has 0 bridgehead atoms. The minimum Gasteiger partial charge on any atom is -0.326 e. The summed E-state index contributed by atoms with van der Waals surface area (Å²) in [6, 6.07) is 9.20. The summed E-state index contributed by atoms with van der Waals surface area (Å²) >= 11 is 0. The second-order valence-electron chi connectivity index (χ2n) is 10.0. The van der Waals surface area contributed by atoms with Gasteiger partial charge in [-0.25, -0.2) is 32.1 Å². The SMILES string of the molecule is NS(=O)(=O)CCC1NC(=O)N(CC(=O)N2N=C3/C(=C\c4ccc(F)cc4)CCCC3C2c2ccc(F)cc2)C1=O. The number of carbonyl (C=O) groups excluding carboxylic acids is 3. The molecular weight excluding hydrogens is 544 g/mol. The Hall–Kier alpha value is -3.97. The Morgan fingerprint density at radius 2 is 1.73 bits per heavy atom. The number of rotatable bonds is 7. The number of amides is 4. The van der Waals surface area contributed by atoms with Gasteiger partial charge in [0.05, 0.1) is 17.5 Å². The van der Waals surface area contributed by atoms with E-state index in [2.05, 4.69) is 10.4 Å². The van der Waals surface area contributed by atoms with Gasteiger partial charge in [0.1, 0.15) is 24.2 Å². The molecule has 3 unspecified atom stereocenters. The molecule has 0 spiro atoms. The fraction of sp³-hybridized carbons (Fsp3) is 0.333. The average molecular weight is 572 g/mol. The summed E-state index contributed by atoms with van der Waals surface area (Å²) in [6.07, 6.45) is 3.86. The Labute approximate surface area is 229 Å². The highest BCUT2D eigenvalue weighted by molar-refractivity contribution is 7.89. The molecule has 40 heavy (non-hydrogen) atoms. The number of hydrazone groups is 1. The minimum atomic E-state index is -3.85. The largest absolute Gasteiger partial charge is 0.326 e. The number of hydrogen-bond acceptors (Lipinski definition) is 6. The van der Waals surface area contributed by atoms with E-state index in [0.29, 0.717) is 24.1 Å². The lowest BCUT2D eigenvalue weighted by molar-refractivity contribution is -0.139. The van der Waals surface area contributed by atoms with Crippen molar-refractivity contribution < 1.29 is 31.6 Å². The predicted octanol–water partition coefficient (Wildman–Crippen LogP) is 2.69. The molecule has 3 atom stereocenters. The number of primary sulfonamides is 1. The summed E-state index contributed by atoms with van der Waals surface area (Å²) in [7, 11) is -3.85. The predicted molar refractivity (Wildman–Crippen MR) is 142 cm³/mol. The number of nitrogens with two attached hydrogens (primary N) is 1. The summed E-state index contributed by atoms with van der Waals surface area (Å²) in [5, 5.41) is 13.3. The Bertz CT molecular complexity index is 1510. The van der Waals surface area contributed by atoms with Gasteiger partial charge in [0.2, 0.25) is 10.0 Å². The van der Waals surface area contributed by atoms with Gasteiger partial charge >= 0.3 is 6.03 Å². The molecule has 13 heteroatoms. The van der Waals surface area contributed by atoms with Crippen molar-refractivity contribution >= 4 is 39.7 Å². The first-order valence-corrected chi connectivity index (χ1v) is 14.5. The first-order valence-electron chi connectivity index (χ1n) is 12.7. The topological polar surface area (TPSA) is 142 Å². The maximum atomic E-state index is 13.7. The van der Waals surface area contributed by atoms with E-state index < -0.39 is 58.1 Å². The Balaban J connectivity index is 1.43. The highest BCUT2D eigenvalue weighted by Crippen LogP contribution is 2.44. The average Bonchev–Trinajstić information content (AvgIpc) is 3.42. The van der Waals surface area contributed by atoms with Gasteiger partial charge in [-0.15, -0.1) is 0 Å². The number of carbonyl (C=O) groups is 3. The van der Waals surface area contributed by atoms with Gasteiger partial charge in [-0.1, -0.05) is 24.3 Å². The summed E-state index contributed by atoms with van der Waals surface area (Å²) in [6.45, 7) is -0.616. The minimum absolute atomic E-state index is 0.222. The third kappa shape index (κ3) is 5.80. The second-order valence-corrected chi connectivity index (χ2v) is 11.8. The zero-order valence-corrected chi connectivity index (χ0v) is 22.1. The number of imide groups is 1. The van der Waals surface area contributed by atoms with Crippen LogP contribution in [0.2, 0.25) is 0 Å². The van der Waals surface area contributed by atoms with Crippen molar-refractivity contribution in [2.75, 3.05) is 12.3 Å². The Morgan fingerprint density at radius 3 is 2.38 bits per heavy atom. The molecule has 2 aliphatic heterocycles. The van der Waals surface area contributed by atoms with Gasteiger partial charge in [-0.2, -0.15) is 5.10 Å². The quantitative estimate of drug-likeness (QED) is 0.492. The van der Waals surface area contributed by atoms with Crippen LogP contribution in [0.15, 0.2) is 59.2 Å². The van der Waals surface area contributed by atoms with E-state index in [9.17, 15) is 31.6 Å². The van der Waals surface area contributed by atoms with Gasteiger partial charge in [-0.05, 0) is 72.7 Å². The van der Waals surface area contributed by atoms with Crippen LogP contribution < -0.4 is 10.5 Å². The van der Waals surface area contributed by atoms with E-state index in [1.165, 1.54) is 29.3 Å². The Morgan fingerprint density at radius 1 is 1.07 bits per heavy atom. The molecule has 2 fully saturated rings. The van der Waals surface area contributed by atoms with Crippen molar-refractivity contribution in [2.45, 2.75) is 37.8 Å². The van der Waals surface area contributed by atoms with E-state index in [1.807, 2.05) is 6.08 Å². The molecule has 1 saturated carbocycles. The molecule has 1 aliphatic carbocycles. The lowest BCUT2D eigenvalue weighted by Gasteiger charge is -2.30. The third-order valence-corrected chi connectivity index (χ3v) is 8.08. The number of halogens is 2. The van der Waals surface area contributed by atoms with Crippen molar-refractivity contribution in [2.24, 2.45) is 16.2 Å². The van der Waals surface area contributed by atoms with Crippen LogP contribution in [0.3, 0.4) is 0 Å². The van der Waals surface area contributed by atoms with Gasteiger partial charge in [-0.3, -0.25) is 14.5 Å². The van der Waals surface area contributed by atoms with Crippen LogP contribution in [0.4, 0.5) is 13.6 Å². The van der Waals surface area contributed by atoms with Gasteiger partial charge < -0.3 is 5.32 Å². The van der Waals surface area contributed by atoms with Crippen LogP contribution in [-0.2, 0) is 19.6 Å². The normalized spacial score (nSPS) is 23.8. The molecule has 3 aliphatic rings. The molecule has 2 heterocycles. The maximum absolute atomic E-state index is 13.7. The van der Waals surface area contributed by atoms with E-state index >= 15 is 0 Å². The van der Waals surface area contributed by atoms with Gasteiger partial charge in [0.25, 0.3) is 11.8 Å². The summed E-state index contributed by atoms with van der Waals surface area (Å²) in [5.41, 5.74) is 2.96. The van der Waals surface area contributed by atoms with Gasteiger partial charge in [0.15, 0.2) is 0 Å². The van der Waals surface area contributed by atoms with E-state index in [-0.39, 0.29) is 18.2 Å². The molecule has 0 aromatic heterocycles. The number of fused-ring (bicyclic) bond motifs is 1. The maximum Gasteiger partial charge on any atom is 0.325 e. The highest BCUT2D eigenvalue weighted by atomic mass is 32.2. The number of nitrogens with one attached hydrogen (secondary N) is 1. The first-order chi connectivity index (χ1) is 19.0. The van der Waals surface area contributed by atoms with E-state index in [1.54, 1.807) is 24.3 Å². The van der Waals surface area contributed by atoms with E-state index in [0.717, 1.165) is 22.5 Å². The highest BCUT2D eigenvalue weighted by Gasteiger charge is 2.46. The summed E-state index contributed by atoms with van der Waals surface area (Å²) < 4.78 is 49.8. The van der Waals surface area contributed by atoms with Gasteiger partial charge in [0, 0.05) is 5.92 Å². The molecule has 10 nitrogen and oxygen atoms in total. The van der Waals surface area contributed by atoms with Crippen molar-refractivity contribution in [3.8, 4) is 0 Å². The molecule has 4 amide bonds. The molecule has 210 valence electrons. The second kappa shape index (κ2) is 10.9. The summed E-state index contributed by atoms with van der Waals surface area (Å²) in [4.78, 5) is 39.7. The number of hydrogen-bond donors (Lipinski definition) is 2. The standard InChI is InChI=1S/C27H27F2N5O5S/c28-19-8-4-16(5-9-19)14-18-2-1-3-21-24(18)32-34(25(21)17-6-10-20(29)11-7-17)23(35)15-33-26(36)22(31-27(33)37)12-13-40(30,38)39/h4-11,14,21-22,25H,1-3,12-13,15H2,(H,31,37)(H2,30,38,39)/b18-14-. The zero-order valence-electron chi connectivity index (χ0n) is 21.3. The smallest absolute Gasteiger partial charge is 0.325 e.